The number of aliphatic carboxylic acids is 1. The number of nitrogens with zero attached hydrogens (tertiary/aromatic N) is 2. The summed E-state index contributed by atoms with van der Waals surface area (Å²) < 4.78 is 10.1. The first-order valence-electron chi connectivity index (χ1n) is 9.52. The van der Waals surface area contributed by atoms with Crippen molar-refractivity contribution in [1.82, 2.24) is 4.90 Å². The number of morpholine rings is 1. The number of hydrogen-bond acceptors (Lipinski definition) is 6. The maximum atomic E-state index is 13.0. The average Bonchev–Trinajstić information content (AvgIpc) is 3.20. The molecular weight excluding hydrogens is 380 g/mol. The summed E-state index contributed by atoms with van der Waals surface area (Å²) in [5, 5.41) is 9.35. The van der Waals surface area contributed by atoms with Crippen molar-refractivity contribution >= 4 is 29.4 Å². The Kier molecular flexibility index (Phi) is 6.17. The summed E-state index contributed by atoms with van der Waals surface area (Å²) in [4.78, 5) is 51.6. The molecule has 2 unspecified atom stereocenters. The molecule has 2 amide bonds. The van der Waals surface area contributed by atoms with E-state index in [4.69, 9.17) is 9.47 Å². The minimum absolute atomic E-state index is 0.0742. The van der Waals surface area contributed by atoms with E-state index in [-0.39, 0.29) is 19.1 Å². The largest absolute Gasteiger partial charge is 0.478 e. The molecule has 0 saturated carbocycles. The molecule has 2 fully saturated rings. The summed E-state index contributed by atoms with van der Waals surface area (Å²) in [6.45, 7) is 4.59. The highest BCUT2D eigenvalue weighted by atomic mass is 16.6. The van der Waals surface area contributed by atoms with Crippen LogP contribution in [0.25, 0.3) is 0 Å². The van der Waals surface area contributed by atoms with E-state index >= 15 is 0 Å². The lowest BCUT2D eigenvalue weighted by Gasteiger charge is -2.34. The second-order valence-electron chi connectivity index (χ2n) is 7.21. The van der Waals surface area contributed by atoms with E-state index in [1.54, 1.807) is 23.1 Å². The first kappa shape index (κ1) is 20.8. The molecule has 2 atom stereocenters. The van der Waals surface area contributed by atoms with E-state index in [0.29, 0.717) is 24.3 Å². The molecule has 3 rings (SSSR count). The molecule has 0 bridgehead atoms. The molecule has 9 nitrogen and oxygen atoms in total. The molecule has 2 aliphatic rings. The zero-order valence-corrected chi connectivity index (χ0v) is 16.4. The molecule has 1 aromatic rings. The van der Waals surface area contributed by atoms with Crippen LogP contribution < -0.4 is 4.90 Å². The highest BCUT2D eigenvalue weighted by Gasteiger charge is 2.42. The van der Waals surface area contributed by atoms with Gasteiger partial charge in [0.2, 0.25) is 6.10 Å². The fourth-order valence-electron chi connectivity index (χ4n) is 3.64. The smallest absolute Gasteiger partial charge is 0.348 e. The van der Waals surface area contributed by atoms with Crippen LogP contribution in [0.2, 0.25) is 0 Å². The zero-order chi connectivity index (χ0) is 21.1. The molecule has 9 heteroatoms. The molecule has 0 spiro atoms. The number of anilines is 1. The summed E-state index contributed by atoms with van der Waals surface area (Å²) in [5.41, 5.74) is 1.76. The SMILES string of the molecule is CC(=O)OC(C(=O)O)C1OCCN(c2cc(C)cc(C(=O)N3CCCC3)c2)C1=O. The van der Waals surface area contributed by atoms with Crippen LogP contribution in [0, 0.1) is 6.92 Å². The van der Waals surface area contributed by atoms with Gasteiger partial charge >= 0.3 is 11.9 Å². The van der Waals surface area contributed by atoms with E-state index in [1.165, 1.54) is 4.90 Å². The van der Waals surface area contributed by atoms with Crippen LogP contribution in [0.1, 0.15) is 35.7 Å². The summed E-state index contributed by atoms with van der Waals surface area (Å²) in [7, 11) is 0. The highest BCUT2D eigenvalue weighted by Crippen LogP contribution is 2.25. The number of ether oxygens (including phenoxy) is 2. The number of rotatable bonds is 5. The normalized spacial score (nSPS) is 20.5. The Morgan fingerprint density at radius 2 is 1.86 bits per heavy atom. The Labute approximate surface area is 168 Å². The minimum atomic E-state index is -1.74. The van der Waals surface area contributed by atoms with E-state index in [1.807, 2.05) is 6.92 Å². The summed E-state index contributed by atoms with van der Waals surface area (Å²) in [5.74, 6) is -3.00. The van der Waals surface area contributed by atoms with Crippen molar-refractivity contribution in [1.29, 1.82) is 0 Å². The van der Waals surface area contributed by atoms with E-state index in [2.05, 4.69) is 0 Å². The number of hydrogen-bond donors (Lipinski definition) is 1. The molecule has 2 aliphatic heterocycles. The fourth-order valence-corrected chi connectivity index (χ4v) is 3.64. The summed E-state index contributed by atoms with van der Waals surface area (Å²) in [6.07, 6.45) is -1.25. The van der Waals surface area contributed by atoms with Gasteiger partial charge in [-0.3, -0.25) is 14.4 Å². The van der Waals surface area contributed by atoms with Crippen LogP contribution in [0.15, 0.2) is 18.2 Å². The number of amides is 2. The highest BCUT2D eigenvalue weighted by molar-refractivity contribution is 6.02. The second-order valence-corrected chi connectivity index (χ2v) is 7.21. The third-order valence-corrected chi connectivity index (χ3v) is 4.95. The van der Waals surface area contributed by atoms with E-state index < -0.39 is 30.1 Å². The van der Waals surface area contributed by atoms with Gasteiger partial charge in [-0.25, -0.2) is 4.79 Å². The fraction of sp³-hybridized carbons (Fsp3) is 0.500. The number of esters is 1. The lowest BCUT2D eigenvalue weighted by Crippen LogP contribution is -2.55. The van der Waals surface area contributed by atoms with Gasteiger partial charge in [0, 0.05) is 37.8 Å². The topological polar surface area (TPSA) is 113 Å². The van der Waals surface area contributed by atoms with Gasteiger partial charge in [-0.05, 0) is 43.5 Å². The van der Waals surface area contributed by atoms with Gasteiger partial charge in [0.15, 0.2) is 6.10 Å². The molecule has 2 heterocycles. The van der Waals surface area contributed by atoms with E-state index in [9.17, 15) is 24.3 Å². The van der Waals surface area contributed by atoms with Gasteiger partial charge in [-0.1, -0.05) is 0 Å². The number of carbonyl (C=O) groups is 4. The standard InChI is InChI=1S/C20H24N2O7/c1-12-9-14(18(24)21-5-3-4-6-21)11-15(10-12)22-7-8-28-16(19(22)25)17(20(26)27)29-13(2)23/h9-11,16-17H,3-8H2,1-2H3,(H,26,27). The number of carboxylic acid groups (broad SMARTS) is 1. The molecule has 1 N–H and O–H groups in total. The van der Waals surface area contributed by atoms with Gasteiger partial charge < -0.3 is 24.4 Å². The number of carboxylic acids is 1. The Hall–Kier alpha value is -2.94. The van der Waals surface area contributed by atoms with Crippen LogP contribution in [0.4, 0.5) is 5.69 Å². The van der Waals surface area contributed by atoms with Gasteiger partial charge in [0.05, 0.1) is 6.61 Å². The van der Waals surface area contributed by atoms with Crippen LogP contribution >= 0.6 is 0 Å². The molecule has 1 aromatic carbocycles. The van der Waals surface area contributed by atoms with Crippen LogP contribution in [-0.2, 0) is 23.9 Å². The molecule has 156 valence electrons. The summed E-state index contributed by atoms with van der Waals surface area (Å²) >= 11 is 0. The number of benzene rings is 1. The van der Waals surface area contributed by atoms with Gasteiger partial charge in [-0.15, -0.1) is 0 Å². The van der Waals surface area contributed by atoms with Crippen molar-refractivity contribution in [3.63, 3.8) is 0 Å². The molecule has 0 aromatic heterocycles. The van der Waals surface area contributed by atoms with Crippen molar-refractivity contribution in [2.45, 2.75) is 38.9 Å². The lowest BCUT2D eigenvalue weighted by molar-refractivity contribution is -0.177. The van der Waals surface area contributed by atoms with Crippen LogP contribution in [0.3, 0.4) is 0 Å². The summed E-state index contributed by atoms with van der Waals surface area (Å²) in [6, 6.07) is 5.16. The zero-order valence-electron chi connectivity index (χ0n) is 16.4. The lowest BCUT2D eigenvalue weighted by atomic mass is 10.1. The predicted molar refractivity (Wildman–Crippen MR) is 102 cm³/mol. The van der Waals surface area contributed by atoms with Crippen LogP contribution in [0.5, 0.6) is 0 Å². The Balaban J connectivity index is 1.87. The van der Waals surface area contributed by atoms with E-state index in [0.717, 1.165) is 25.3 Å². The number of aryl methyl sites for hydroxylation is 1. The maximum absolute atomic E-state index is 13.0. The molecule has 0 radical (unpaired) electrons. The first-order valence-corrected chi connectivity index (χ1v) is 9.52. The molecule has 29 heavy (non-hydrogen) atoms. The van der Waals surface area contributed by atoms with Crippen molar-refractivity contribution < 1.29 is 33.8 Å². The first-order chi connectivity index (χ1) is 13.8. The predicted octanol–water partition coefficient (Wildman–Crippen LogP) is 0.979. The van der Waals surface area contributed by atoms with Gasteiger partial charge in [0.25, 0.3) is 11.8 Å². The van der Waals surface area contributed by atoms with Crippen LogP contribution in [-0.4, -0.2) is 72.2 Å². The maximum Gasteiger partial charge on any atom is 0.348 e. The van der Waals surface area contributed by atoms with Gasteiger partial charge in [-0.2, -0.15) is 0 Å². The third-order valence-electron chi connectivity index (χ3n) is 4.95. The third kappa shape index (κ3) is 4.56. The number of likely N-dealkylation sites (tertiary alicyclic amines) is 1. The van der Waals surface area contributed by atoms with Crippen molar-refractivity contribution in [2.24, 2.45) is 0 Å². The average molecular weight is 404 g/mol. The Bertz CT molecular complexity index is 832. The molecule has 2 saturated heterocycles. The minimum Gasteiger partial charge on any atom is -0.478 e. The van der Waals surface area contributed by atoms with Crippen molar-refractivity contribution in [3.8, 4) is 0 Å². The number of carbonyl (C=O) groups excluding carboxylic acids is 3. The second kappa shape index (κ2) is 8.60. The molecule has 0 aliphatic carbocycles. The van der Waals surface area contributed by atoms with Gasteiger partial charge in [0.1, 0.15) is 0 Å². The monoisotopic (exact) mass is 404 g/mol. The Morgan fingerprint density at radius 3 is 2.48 bits per heavy atom. The quantitative estimate of drug-likeness (QED) is 0.728. The van der Waals surface area contributed by atoms with Crippen molar-refractivity contribution in [3.05, 3.63) is 29.3 Å². The van der Waals surface area contributed by atoms with Crippen molar-refractivity contribution in [2.75, 3.05) is 31.1 Å². The molecular formula is C20H24N2O7. The Morgan fingerprint density at radius 1 is 1.17 bits per heavy atom.